The van der Waals surface area contributed by atoms with Gasteiger partial charge in [0.25, 0.3) is 0 Å². The molecule has 1 aromatic heterocycles. The van der Waals surface area contributed by atoms with Gasteiger partial charge in [-0.3, -0.25) is 9.48 Å². The summed E-state index contributed by atoms with van der Waals surface area (Å²) in [5.74, 6) is -2.03. The largest absolute Gasteiger partial charge is 0.299 e. The van der Waals surface area contributed by atoms with E-state index in [2.05, 4.69) is 5.10 Å². The average Bonchev–Trinajstić information content (AvgIpc) is 2.62. The SMILES string of the molecule is Cc1nn(C)c(C)c1CC(=O)Cc1cccc(F)c1F. The third-order valence-corrected chi connectivity index (χ3v) is 3.45. The number of aromatic nitrogens is 2. The molecule has 0 bridgehead atoms. The number of halogens is 2. The van der Waals surface area contributed by atoms with E-state index in [1.807, 2.05) is 20.9 Å². The molecule has 0 saturated heterocycles. The molecule has 0 saturated carbocycles. The van der Waals surface area contributed by atoms with Crippen LogP contribution in [0.5, 0.6) is 0 Å². The fourth-order valence-electron chi connectivity index (χ4n) is 2.23. The second kappa shape index (κ2) is 5.53. The summed E-state index contributed by atoms with van der Waals surface area (Å²) >= 11 is 0. The Kier molecular flexibility index (Phi) is 3.97. The van der Waals surface area contributed by atoms with Gasteiger partial charge >= 0.3 is 0 Å². The van der Waals surface area contributed by atoms with E-state index in [9.17, 15) is 13.6 Å². The number of benzene rings is 1. The molecule has 0 amide bonds. The van der Waals surface area contributed by atoms with Crippen molar-refractivity contribution in [3.63, 3.8) is 0 Å². The van der Waals surface area contributed by atoms with Crippen LogP contribution in [-0.2, 0) is 24.7 Å². The van der Waals surface area contributed by atoms with Crippen LogP contribution in [0.3, 0.4) is 0 Å². The van der Waals surface area contributed by atoms with E-state index >= 15 is 0 Å². The number of carbonyl (C=O) groups is 1. The average molecular weight is 278 g/mol. The normalized spacial score (nSPS) is 10.8. The van der Waals surface area contributed by atoms with E-state index in [4.69, 9.17) is 0 Å². The van der Waals surface area contributed by atoms with Gasteiger partial charge in [0, 0.05) is 31.1 Å². The molecule has 0 fully saturated rings. The minimum absolute atomic E-state index is 0.0918. The molecule has 0 spiro atoms. The highest BCUT2D eigenvalue weighted by molar-refractivity contribution is 5.83. The summed E-state index contributed by atoms with van der Waals surface area (Å²) < 4.78 is 28.3. The minimum atomic E-state index is -0.944. The van der Waals surface area contributed by atoms with Gasteiger partial charge in [0.15, 0.2) is 11.6 Å². The first kappa shape index (κ1) is 14.4. The van der Waals surface area contributed by atoms with Gasteiger partial charge < -0.3 is 0 Å². The van der Waals surface area contributed by atoms with E-state index in [1.165, 1.54) is 12.1 Å². The Labute approximate surface area is 116 Å². The topological polar surface area (TPSA) is 34.9 Å². The highest BCUT2D eigenvalue weighted by Crippen LogP contribution is 2.16. The predicted molar refractivity (Wildman–Crippen MR) is 71.5 cm³/mol. The Morgan fingerprint density at radius 1 is 1.25 bits per heavy atom. The van der Waals surface area contributed by atoms with Crippen LogP contribution < -0.4 is 0 Å². The summed E-state index contributed by atoms with van der Waals surface area (Å²) in [6.45, 7) is 3.71. The molecule has 106 valence electrons. The van der Waals surface area contributed by atoms with Crippen molar-refractivity contribution in [2.24, 2.45) is 7.05 Å². The van der Waals surface area contributed by atoms with E-state index in [1.54, 1.807) is 4.68 Å². The molecule has 0 N–H and O–H groups in total. The van der Waals surface area contributed by atoms with Crippen LogP contribution in [0.4, 0.5) is 8.78 Å². The molecule has 1 aromatic carbocycles. The predicted octanol–water partition coefficient (Wildman–Crippen LogP) is 2.67. The second-order valence-corrected chi connectivity index (χ2v) is 4.88. The van der Waals surface area contributed by atoms with Gasteiger partial charge in [-0.1, -0.05) is 12.1 Å². The summed E-state index contributed by atoms with van der Waals surface area (Å²) in [5, 5.41) is 4.23. The summed E-state index contributed by atoms with van der Waals surface area (Å²) in [6, 6.07) is 3.87. The molecular weight excluding hydrogens is 262 g/mol. The van der Waals surface area contributed by atoms with Crippen LogP contribution >= 0.6 is 0 Å². The second-order valence-electron chi connectivity index (χ2n) is 4.88. The quantitative estimate of drug-likeness (QED) is 0.861. The van der Waals surface area contributed by atoms with Crippen LogP contribution in [0.25, 0.3) is 0 Å². The third kappa shape index (κ3) is 2.76. The van der Waals surface area contributed by atoms with Gasteiger partial charge in [0.1, 0.15) is 5.78 Å². The van der Waals surface area contributed by atoms with Crippen molar-refractivity contribution >= 4 is 5.78 Å². The standard InChI is InChI=1S/C15H16F2N2O/c1-9-13(10(2)19(3)18-9)8-12(20)7-11-5-4-6-14(16)15(11)17/h4-6H,7-8H2,1-3H3. The van der Waals surface area contributed by atoms with Crippen LogP contribution in [-0.4, -0.2) is 15.6 Å². The fraction of sp³-hybridized carbons (Fsp3) is 0.333. The minimum Gasteiger partial charge on any atom is -0.299 e. The fourth-order valence-corrected chi connectivity index (χ4v) is 2.23. The maximum Gasteiger partial charge on any atom is 0.162 e. The van der Waals surface area contributed by atoms with Gasteiger partial charge in [0.05, 0.1) is 5.69 Å². The van der Waals surface area contributed by atoms with Crippen molar-refractivity contribution in [2.75, 3.05) is 0 Å². The van der Waals surface area contributed by atoms with Gasteiger partial charge in [-0.2, -0.15) is 5.10 Å². The number of aryl methyl sites for hydroxylation is 2. The molecule has 0 aliphatic rings. The number of ketones is 1. The van der Waals surface area contributed by atoms with Crippen molar-refractivity contribution in [3.8, 4) is 0 Å². The molecule has 0 aliphatic heterocycles. The Hall–Kier alpha value is -2.04. The van der Waals surface area contributed by atoms with Crippen LogP contribution in [0, 0.1) is 25.5 Å². The Morgan fingerprint density at radius 3 is 2.55 bits per heavy atom. The van der Waals surface area contributed by atoms with Crippen molar-refractivity contribution in [3.05, 3.63) is 52.3 Å². The lowest BCUT2D eigenvalue weighted by Crippen LogP contribution is -2.10. The van der Waals surface area contributed by atoms with E-state index in [-0.39, 0.29) is 24.2 Å². The van der Waals surface area contributed by atoms with Crippen molar-refractivity contribution in [1.29, 1.82) is 0 Å². The van der Waals surface area contributed by atoms with Crippen LogP contribution in [0.15, 0.2) is 18.2 Å². The van der Waals surface area contributed by atoms with Gasteiger partial charge in [-0.05, 0) is 25.5 Å². The Balaban J connectivity index is 2.15. The molecule has 0 unspecified atom stereocenters. The lowest BCUT2D eigenvalue weighted by Gasteiger charge is -2.04. The van der Waals surface area contributed by atoms with Gasteiger partial charge in [0.2, 0.25) is 0 Å². The Morgan fingerprint density at radius 2 is 1.95 bits per heavy atom. The molecule has 3 nitrogen and oxygen atoms in total. The van der Waals surface area contributed by atoms with Crippen molar-refractivity contribution in [1.82, 2.24) is 9.78 Å². The first-order chi connectivity index (χ1) is 9.40. The van der Waals surface area contributed by atoms with E-state index in [0.717, 1.165) is 23.0 Å². The first-order valence-corrected chi connectivity index (χ1v) is 6.33. The highest BCUT2D eigenvalue weighted by Gasteiger charge is 2.16. The molecule has 2 aromatic rings. The van der Waals surface area contributed by atoms with Crippen LogP contribution in [0.2, 0.25) is 0 Å². The number of rotatable bonds is 4. The van der Waals surface area contributed by atoms with E-state index in [0.29, 0.717) is 0 Å². The van der Waals surface area contributed by atoms with Crippen molar-refractivity contribution in [2.45, 2.75) is 26.7 Å². The summed E-state index contributed by atoms with van der Waals surface area (Å²) in [7, 11) is 1.81. The van der Waals surface area contributed by atoms with Gasteiger partial charge in [-0.25, -0.2) is 8.78 Å². The summed E-state index contributed by atoms with van der Waals surface area (Å²) in [4.78, 5) is 12.0. The zero-order valence-electron chi connectivity index (χ0n) is 11.7. The molecule has 1 heterocycles. The molecule has 2 rings (SSSR count). The number of carbonyl (C=O) groups excluding carboxylic acids is 1. The molecule has 0 radical (unpaired) electrons. The zero-order valence-corrected chi connectivity index (χ0v) is 11.7. The Bertz CT molecular complexity index is 662. The van der Waals surface area contributed by atoms with Crippen LogP contribution in [0.1, 0.15) is 22.5 Å². The van der Waals surface area contributed by atoms with Gasteiger partial charge in [-0.15, -0.1) is 0 Å². The lowest BCUT2D eigenvalue weighted by atomic mass is 10.0. The summed E-state index contributed by atoms with van der Waals surface area (Å²) in [6.07, 6.45) is 0.0683. The van der Waals surface area contributed by atoms with E-state index < -0.39 is 11.6 Å². The molecule has 20 heavy (non-hydrogen) atoms. The number of hydrogen-bond donors (Lipinski definition) is 0. The molecule has 5 heteroatoms. The molecule has 0 atom stereocenters. The monoisotopic (exact) mass is 278 g/mol. The number of hydrogen-bond acceptors (Lipinski definition) is 2. The number of Topliss-reactive ketones (excluding diaryl/α,β-unsaturated/α-hetero) is 1. The van der Waals surface area contributed by atoms with Crippen molar-refractivity contribution < 1.29 is 13.6 Å². The number of nitrogens with zero attached hydrogens (tertiary/aromatic N) is 2. The highest BCUT2D eigenvalue weighted by atomic mass is 19.2. The smallest absolute Gasteiger partial charge is 0.162 e. The third-order valence-electron chi connectivity index (χ3n) is 3.45. The lowest BCUT2D eigenvalue weighted by molar-refractivity contribution is -0.117. The maximum atomic E-state index is 13.5. The molecule has 0 aliphatic carbocycles. The molecular formula is C15H16F2N2O. The zero-order chi connectivity index (χ0) is 14.9. The maximum absolute atomic E-state index is 13.5. The first-order valence-electron chi connectivity index (χ1n) is 6.33. The summed E-state index contributed by atoms with van der Waals surface area (Å²) in [5.41, 5.74) is 2.65.